The quantitative estimate of drug-likeness (QED) is 0.513. The summed E-state index contributed by atoms with van der Waals surface area (Å²) in [6.07, 6.45) is -0.677. The summed E-state index contributed by atoms with van der Waals surface area (Å²) in [6.45, 7) is 8.01. The first kappa shape index (κ1) is 24.2. The fourth-order valence-electron chi connectivity index (χ4n) is 3.63. The zero-order valence-electron chi connectivity index (χ0n) is 19.5. The van der Waals surface area contributed by atoms with Crippen molar-refractivity contribution in [2.24, 2.45) is 5.92 Å². The van der Waals surface area contributed by atoms with Gasteiger partial charge in [-0.1, -0.05) is 70.2 Å². The summed E-state index contributed by atoms with van der Waals surface area (Å²) >= 11 is 0. The average molecular weight is 451 g/mol. The number of benzene rings is 2. The highest BCUT2D eigenvalue weighted by atomic mass is 16.5. The van der Waals surface area contributed by atoms with Crippen molar-refractivity contribution in [3.8, 4) is 0 Å². The van der Waals surface area contributed by atoms with Gasteiger partial charge in [0.05, 0.1) is 12.5 Å². The molecule has 0 aliphatic carbocycles. The SMILES string of the molecule is CC[C@@H](OC(=O)[C@@H]1CC(=O)N(NC(=O)c2ccc(C(C)(C)C)cc2)C1)C(=O)c1ccccc1. The van der Waals surface area contributed by atoms with Gasteiger partial charge in [0, 0.05) is 17.5 Å². The van der Waals surface area contributed by atoms with Crippen LogP contribution in [0.5, 0.6) is 0 Å². The minimum absolute atomic E-state index is 0.000552. The van der Waals surface area contributed by atoms with Gasteiger partial charge >= 0.3 is 5.97 Å². The third-order valence-electron chi connectivity index (χ3n) is 5.69. The minimum atomic E-state index is -0.917. The summed E-state index contributed by atoms with van der Waals surface area (Å²) in [5.41, 5.74) is 4.51. The Bertz CT molecular complexity index is 1020. The van der Waals surface area contributed by atoms with Crippen LogP contribution in [0.1, 0.15) is 66.8 Å². The molecule has 1 saturated heterocycles. The molecule has 2 amide bonds. The van der Waals surface area contributed by atoms with Crippen molar-refractivity contribution < 1.29 is 23.9 Å². The number of ether oxygens (including phenoxy) is 1. The predicted molar refractivity (Wildman–Crippen MR) is 123 cm³/mol. The molecule has 0 saturated carbocycles. The zero-order chi connectivity index (χ0) is 24.2. The number of carbonyl (C=O) groups is 4. The van der Waals surface area contributed by atoms with Crippen LogP contribution in [-0.4, -0.2) is 41.2 Å². The summed E-state index contributed by atoms with van der Waals surface area (Å²) in [5, 5.41) is 1.14. The van der Waals surface area contributed by atoms with Crippen LogP contribution in [0.15, 0.2) is 54.6 Å². The zero-order valence-corrected chi connectivity index (χ0v) is 19.5. The van der Waals surface area contributed by atoms with E-state index in [9.17, 15) is 19.2 Å². The fourth-order valence-corrected chi connectivity index (χ4v) is 3.63. The van der Waals surface area contributed by atoms with Crippen molar-refractivity contribution in [2.45, 2.75) is 52.1 Å². The Labute approximate surface area is 194 Å². The maximum atomic E-state index is 12.7. The van der Waals surface area contributed by atoms with E-state index in [4.69, 9.17) is 4.74 Å². The van der Waals surface area contributed by atoms with E-state index in [1.165, 1.54) is 0 Å². The maximum absolute atomic E-state index is 12.7. The van der Waals surface area contributed by atoms with Crippen LogP contribution in [0.3, 0.4) is 0 Å². The van der Waals surface area contributed by atoms with Gasteiger partial charge in [0.1, 0.15) is 0 Å². The largest absolute Gasteiger partial charge is 0.454 e. The molecule has 2 atom stereocenters. The lowest BCUT2D eigenvalue weighted by Gasteiger charge is -2.20. The molecule has 7 nitrogen and oxygen atoms in total. The third-order valence-corrected chi connectivity index (χ3v) is 5.69. The standard InChI is InChI=1S/C26H30N2O5/c1-5-21(23(30)17-9-7-6-8-10-17)33-25(32)19-15-22(29)28(16-19)27-24(31)18-11-13-20(14-12-18)26(2,3)4/h6-14,19,21H,5,15-16H2,1-4H3,(H,27,31)/t19-,21-/m1/s1. The molecular weight excluding hydrogens is 420 g/mol. The average Bonchev–Trinajstić information content (AvgIpc) is 3.17. The fraction of sp³-hybridized carbons (Fsp3) is 0.385. The second-order valence-electron chi connectivity index (χ2n) is 9.24. The minimum Gasteiger partial charge on any atom is -0.454 e. The first-order chi connectivity index (χ1) is 15.6. The van der Waals surface area contributed by atoms with Crippen molar-refractivity contribution in [2.75, 3.05) is 6.54 Å². The number of hydrazine groups is 1. The second-order valence-corrected chi connectivity index (χ2v) is 9.24. The number of hydrogen-bond donors (Lipinski definition) is 1. The van der Waals surface area contributed by atoms with Gasteiger partial charge in [-0.15, -0.1) is 0 Å². The van der Waals surface area contributed by atoms with Crippen LogP contribution >= 0.6 is 0 Å². The molecule has 7 heteroatoms. The summed E-state index contributed by atoms with van der Waals surface area (Å²) < 4.78 is 5.45. The summed E-state index contributed by atoms with van der Waals surface area (Å²) in [7, 11) is 0. The van der Waals surface area contributed by atoms with Crippen molar-refractivity contribution in [1.29, 1.82) is 0 Å². The molecule has 1 heterocycles. The highest BCUT2D eigenvalue weighted by Gasteiger charge is 2.38. The number of nitrogens with one attached hydrogen (secondary N) is 1. The lowest BCUT2D eigenvalue weighted by Crippen LogP contribution is -2.43. The Morgan fingerprint density at radius 1 is 1.03 bits per heavy atom. The summed E-state index contributed by atoms with van der Waals surface area (Å²) in [4.78, 5) is 50.3. The van der Waals surface area contributed by atoms with Gasteiger partial charge in [0.15, 0.2) is 6.10 Å². The van der Waals surface area contributed by atoms with Crippen LogP contribution in [0, 0.1) is 5.92 Å². The number of esters is 1. The van der Waals surface area contributed by atoms with Gasteiger partial charge in [-0.05, 0) is 29.5 Å². The van der Waals surface area contributed by atoms with Gasteiger partial charge in [-0.3, -0.25) is 29.6 Å². The van der Waals surface area contributed by atoms with Gasteiger partial charge in [0.2, 0.25) is 11.7 Å². The number of nitrogens with zero attached hydrogens (tertiary/aromatic N) is 1. The topological polar surface area (TPSA) is 92.8 Å². The Balaban J connectivity index is 1.59. The van der Waals surface area contributed by atoms with Crippen molar-refractivity contribution in [3.05, 3.63) is 71.3 Å². The summed E-state index contributed by atoms with van der Waals surface area (Å²) in [5.74, 6) is -2.45. The van der Waals surface area contributed by atoms with Crippen molar-refractivity contribution in [3.63, 3.8) is 0 Å². The molecule has 2 aromatic carbocycles. The first-order valence-electron chi connectivity index (χ1n) is 11.1. The van der Waals surface area contributed by atoms with E-state index in [0.29, 0.717) is 17.5 Å². The molecule has 3 rings (SSSR count). The van der Waals surface area contributed by atoms with Crippen LogP contribution in [0.25, 0.3) is 0 Å². The van der Waals surface area contributed by atoms with Crippen LogP contribution in [0.2, 0.25) is 0 Å². The van der Waals surface area contributed by atoms with Crippen molar-refractivity contribution in [1.82, 2.24) is 10.4 Å². The third kappa shape index (κ3) is 5.86. The predicted octanol–water partition coefficient (Wildman–Crippen LogP) is 3.68. The monoisotopic (exact) mass is 450 g/mol. The molecular formula is C26H30N2O5. The van der Waals surface area contributed by atoms with E-state index in [-0.39, 0.29) is 30.1 Å². The Morgan fingerprint density at radius 3 is 2.24 bits per heavy atom. The van der Waals surface area contributed by atoms with Gasteiger partial charge in [0.25, 0.3) is 5.91 Å². The molecule has 0 unspecified atom stereocenters. The number of ketones is 1. The van der Waals surface area contributed by atoms with E-state index >= 15 is 0 Å². The number of carbonyl (C=O) groups excluding carboxylic acids is 4. The molecule has 0 aromatic heterocycles. The van der Waals surface area contributed by atoms with E-state index < -0.39 is 23.9 Å². The molecule has 1 aliphatic heterocycles. The normalized spacial score (nSPS) is 16.9. The van der Waals surface area contributed by atoms with Gasteiger partial charge in [-0.2, -0.15) is 0 Å². The Kier molecular flexibility index (Phi) is 7.31. The highest BCUT2D eigenvalue weighted by molar-refractivity contribution is 6.01. The Hall–Kier alpha value is -3.48. The lowest BCUT2D eigenvalue weighted by molar-refractivity contribution is -0.151. The molecule has 1 fully saturated rings. The molecule has 0 radical (unpaired) electrons. The van der Waals surface area contributed by atoms with Crippen LogP contribution < -0.4 is 5.43 Å². The van der Waals surface area contributed by atoms with Gasteiger partial charge < -0.3 is 4.74 Å². The van der Waals surface area contributed by atoms with Crippen LogP contribution in [-0.2, 0) is 19.7 Å². The second kappa shape index (κ2) is 9.98. The molecule has 0 bridgehead atoms. The van der Waals surface area contributed by atoms with E-state index in [1.54, 1.807) is 49.4 Å². The smallest absolute Gasteiger partial charge is 0.312 e. The maximum Gasteiger partial charge on any atom is 0.312 e. The molecule has 0 spiro atoms. The molecule has 1 N–H and O–H groups in total. The molecule has 2 aromatic rings. The van der Waals surface area contributed by atoms with Crippen molar-refractivity contribution >= 4 is 23.6 Å². The Morgan fingerprint density at radius 2 is 1.67 bits per heavy atom. The summed E-state index contributed by atoms with van der Waals surface area (Å²) in [6, 6.07) is 15.8. The number of amides is 2. The molecule has 33 heavy (non-hydrogen) atoms. The lowest BCUT2D eigenvalue weighted by atomic mass is 9.87. The van der Waals surface area contributed by atoms with Gasteiger partial charge in [-0.25, -0.2) is 0 Å². The molecule has 1 aliphatic rings. The number of hydrogen-bond acceptors (Lipinski definition) is 5. The number of rotatable bonds is 7. The van der Waals surface area contributed by atoms with E-state index in [1.807, 2.05) is 12.1 Å². The molecule has 174 valence electrons. The first-order valence-corrected chi connectivity index (χ1v) is 11.1. The highest BCUT2D eigenvalue weighted by Crippen LogP contribution is 2.23. The van der Waals surface area contributed by atoms with E-state index in [2.05, 4.69) is 26.2 Å². The van der Waals surface area contributed by atoms with Crippen LogP contribution in [0.4, 0.5) is 0 Å². The van der Waals surface area contributed by atoms with E-state index in [0.717, 1.165) is 10.6 Å². The number of Topliss-reactive ketones (excluding diaryl/α,β-unsaturated/α-hetero) is 1.